The lowest BCUT2D eigenvalue weighted by atomic mass is 10.1. The molecule has 2 N–H and O–H groups in total. The van der Waals surface area contributed by atoms with E-state index in [1.807, 2.05) is 30.3 Å². The largest absolute Gasteiger partial charge is 0.479 e. The maximum absolute atomic E-state index is 11.8. The third-order valence-corrected chi connectivity index (χ3v) is 2.91. The number of benzene rings is 2. The molecule has 0 fully saturated rings. The SMILES string of the molecule is O=C(OCc1ccccc1)c1ccc(C(O)C(=O)O)cc1. The van der Waals surface area contributed by atoms with E-state index in [1.54, 1.807) is 0 Å². The van der Waals surface area contributed by atoms with Crippen LogP contribution in [0, 0.1) is 0 Å². The molecular weight excluding hydrogens is 272 g/mol. The first-order valence-corrected chi connectivity index (χ1v) is 6.30. The molecule has 0 heterocycles. The van der Waals surface area contributed by atoms with Crippen molar-refractivity contribution in [3.05, 3.63) is 71.3 Å². The highest BCUT2D eigenvalue weighted by atomic mass is 16.5. The Labute approximate surface area is 121 Å². The first-order valence-electron chi connectivity index (χ1n) is 6.30. The van der Waals surface area contributed by atoms with Crippen molar-refractivity contribution in [1.82, 2.24) is 0 Å². The average Bonchev–Trinajstić information content (AvgIpc) is 2.53. The molecule has 0 aliphatic heterocycles. The standard InChI is InChI=1S/C16H14O5/c17-14(15(18)19)12-6-8-13(9-7-12)16(20)21-10-11-4-2-1-3-5-11/h1-9,14,17H,10H2,(H,18,19). The van der Waals surface area contributed by atoms with Crippen LogP contribution in [0.4, 0.5) is 0 Å². The number of carbonyl (C=O) groups is 2. The second kappa shape index (κ2) is 6.67. The van der Waals surface area contributed by atoms with Crippen LogP contribution < -0.4 is 0 Å². The highest BCUT2D eigenvalue weighted by Crippen LogP contribution is 2.15. The molecule has 21 heavy (non-hydrogen) atoms. The van der Waals surface area contributed by atoms with E-state index < -0.39 is 18.0 Å². The van der Waals surface area contributed by atoms with E-state index in [0.717, 1.165) is 5.56 Å². The predicted molar refractivity (Wildman–Crippen MR) is 74.6 cm³/mol. The molecule has 0 bridgehead atoms. The summed E-state index contributed by atoms with van der Waals surface area (Å²) in [6.07, 6.45) is -1.60. The fourth-order valence-electron chi connectivity index (χ4n) is 1.75. The molecule has 5 heteroatoms. The molecule has 108 valence electrons. The molecule has 2 aromatic carbocycles. The molecule has 5 nitrogen and oxygen atoms in total. The fourth-order valence-corrected chi connectivity index (χ4v) is 1.75. The van der Waals surface area contributed by atoms with E-state index in [1.165, 1.54) is 24.3 Å². The Hall–Kier alpha value is -2.66. The number of aliphatic hydroxyl groups excluding tert-OH is 1. The van der Waals surface area contributed by atoms with Crippen LogP contribution in [0.1, 0.15) is 27.6 Å². The number of hydrogen-bond acceptors (Lipinski definition) is 4. The molecule has 0 saturated heterocycles. The summed E-state index contributed by atoms with van der Waals surface area (Å²) in [6.45, 7) is 0.166. The molecule has 1 atom stereocenters. The van der Waals surface area contributed by atoms with Gasteiger partial charge >= 0.3 is 11.9 Å². The van der Waals surface area contributed by atoms with Crippen LogP contribution in [0.3, 0.4) is 0 Å². The van der Waals surface area contributed by atoms with Crippen LogP contribution in [-0.4, -0.2) is 22.2 Å². The third kappa shape index (κ3) is 3.90. The summed E-state index contributed by atoms with van der Waals surface area (Å²) in [4.78, 5) is 22.5. The summed E-state index contributed by atoms with van der Waals surface area (Å²) >= 11 is 0. The Kier molecular flexibility index (Phi) is 4.68. The molecule has 0 spiro atoms. The lowest BCUT2D eigenvalue weighted by molar-refractivity contribution is -0.146. The molecule has 0 aliphatic rings. The van der Waals surface area contributed by atoms with Gasteiger partial charge in [0.15, 0.2) is 6.10 Å². The Balaban J connectivity index is 1.98. The van der Waals surface area contributed by atoms with Crippen LogP contribution in [-0.2, 0) is 16.1 Å². The highest BCUT2D eigenvalue weighted by molar-refractivity contribution is 5.89. The summed E-state index contributed by atoms with van der Waals surface area (Å²) in [5.41, 5.74) is 1.39. The van der Waals surface area contributed by atoms with Crippen molar-refractivity contribution in [2.75, 3.05) is 0 Å². The zero-order chi connectivity index (χ0) is 15.2. The van der Waals surface area contributed by atoms with Crippen LogP contribution in [0.25, 0.3) is 0 Å². The van der Waals surface area contributed by atoms with Crippen molar-refractivity contribution in [1.29, 1.82) is 0 Å². The zero-order valence-corrected chi connectivity index (χ0v) is 11.1. The number of ether oxygens (including phenoxy) is 1. The highest BCUT2D eigenvalue weighted by Gasteiger charge is 2.16. The predicted octanol–water partition coefficient (Wildman–Crippen LogP) is 2.16. The topological polar surface area (TPSA) is 83.8 Å². The molecule has 2 rings (SSSR count). The molecule has 0 saturated carbocycles. The average molecular weight is 286 g/mol. The van der Waals surface area contributed by atoms with Gasteiger partial charge in [-0.3, -0.25) is 0 Å². The van der Waals surface area contributed by atoms with Gasteiger partial charge in [0, 0.05) is 0 Å². The van der Waals surface area contributed by atoms with Crippen molar-refractivity contribution < 1.29 is 24.5 Å². The molecular formula is C16H14O5. The quantitative estimate of drug-likeness (QED) is 0.823. The molecule has 0 radical (unpaired) electrons. The lowest BCUT2D eigenvalue weighted by Crippen LogP contribution is -2.11. The van der Waals surface area contributed by atoms with Crippen LogP contribution in [0.5, 0.6) is 0 Å². The number of carboxylic acids is 1. The molecule has 0 amide bonds. The van der Waals surface area contributed by atoms with E-state index in [9.17, 15) is 14.7 Å². The van der Waals surface area contributed by atoms with Crippen molar-refractivity contribution in [2.24, 2.45) is 0 Å². The Morgan fingerprint density at radius 1 is 1.00 bits per heavy atom. The second-order valence-electron chi connectivity index (χ2n) is 4.42. The maximum Gasteiger partial charge on any atom is 0.338 e. The van der Waals surface area contributed by atoms with Gasteiger partial charge in [-0.1, -0.05) is 42.5 Å². The molecule has 0 aliphatic carbocycles. The molecule has 0 aromatic heterocycles. The number of aliphatic carboxylic acids is 1. The van der Waals surface area contributed by atoms with Crippen molar-refractivity contribution >= 4 is 11.9 Å². The smallest absolute Gasteiger partial charge is 0.338 e. The minimum atomic E-state index is -1.60. The summed E-state index contributed by atoms with van der Waals surface area (Å²) in [5, 5.41) is 18.0. The van der Waals surface area contributed by atoms with Crippen molar-refractivity contribution in [3.8, 4) is 0 Å². The summed E-state index contributed by atoms with van der Waals surface area (Å²) < 4.78 is 5.14. The van der Waals surface area contributed by atoms with Gasteiger partial charge in [-0.05, 0) is 23.3 Å². The number of carboxylic acid groups (broad SMARTS) is 1. The molecule has 1 unspecified atom stereocenters. The van der Waals surface area contributed by atoms with Gasteiger partial charge < -0.3 is 14.9 Å². The zero-order valence-electron chi connectivity index (χ0n) is 11.1. The number of hydrogen-bond donors (Lipinski definition) is 2. The van der Waals surface area contributed by atoms with Gasteiger partial charge in [-0.15, -0.1) is 0 Å². The van der Waals surface area contributed by atoms with Crippen LogP contribution in [0.15, 0.2) is 54.6 Å². The van der Waals surface area contributed by atoms with Crippen molar-refractivity contribution in [2.45, 2.75) is 12.7 Å². The van der Waals surface area contributed by atoms with Crippen LogP contribution in [0.2, 0.25) is 0 Å². The van der Waals surface area contributed by atoms with Gasteiger partial charge in [0.05, 0.1) is 5.56 Å². The van der Waals surface area contributed by atoms with E-state index in [-0.39, 0.29) is 12.2 Å². The summed E-state index contributed by atoms with van der Waals surface area (Å²) in [7, 11) is 0. The van der Waals surface area contributed by atoms with E-state index in [0.29, 0.717) is 5.56 Å². The minimum Gasteiger partial charge on any atom is -0.479 e. The minimum absolute atomic E-state index is 0.166. The van der Waals surface area contributed by atoms with E-state index >= 15 is 0 Å². The number of carbonyl (C=O) groups excluding carboxylic acids is 1. The van der Waals surface area contributed by atoms with Gasteiger partial charge in [0.2, 0.25) is 0 Å². The first kappa shape index (κ1) is 14.7. The van der Waals surface area contributed by atoms with Gasteiger partial charge in [0.25, 0.3) is 0 Å². The maximum atomic E-state index is 11.8. The first-order chi connectivity index (χ1) is 10.1. The number of rotatable bonds is 5. The third-order valence-electron chi connectivity index (χ3n) is 2.91. The number of aliphatic hydroxyl groups is 1. The fraction of sp³-hybridized carbons (Fsp3) is 0.125. The van der Waals surface area contributed by atoms with E-state index in [2.05, 4.69) is 0 Å². The number of esters is 1. The second-order valence-corrected chi connectivity index (χ2v) is 4.42. The van der Waals surface area contributed by atoms with Gasteiger partial charge in [-0.2, -0.15) is 0 Å². The summed E-state index contributed by atoms with van der Waals surface area (Å²) in [6, 6.07) is 14.9. The monoisotopic (exact) mass is 286 g/mol. The molecule has 2 aromatic rings. The van der Waals surface area contributed by atoms with Crippen LogP contribution >= 0.6 is 0 Å². The normalized spacial score (nSPS) is 11.7. The Bertz CT molecular complexity index is 619. The van der Waals surface area contributed by atoms with Gasteiger partial charge in [0.1, 0.15) is 6.61 Å². The van der Waals surface area contributed by atoms with Crippen molar-refractivity contribution in [3.63, 3.8) is 0 Å². The summed E-state index contributed by atoms with van der Waals surface area (Å²) in [5.74, 6) is -1.84. The van der Waals surface area contributed by atoms with Gasteiger partial charge in [-0.25, -0.2) is 9.59 Å². The van der Waals surface area contributed by atoms with E-state index in [4.69, 9.17) is 9.84 Å². The Morgan fingerprint density at radius 2 is 1.62 bits per heavy atom. The lowest BCUT2D eigenvalue weighted by Gasteiger charge is -2.07. The Morgan fingerprint density at radius 3 is 2.19 bits per heavy atom.